The molecule has 1 fully saturated rings. The van der Waals surface area contributed by atoms with Gasteiger partial charge in [-0.15, -0.1) is 0 Å². The van der Waals surface area contributed by atoms with Crippen molar-refractivity contribution >= 4 is 12.0 Å². The van der Waals surface area contributed by atoms with Crippen LogP contribution in [-0.2, 0) is 17.8 Å². The lowest BCUT2D eigenvalue weighted by atomic mass is 10.1. The number of fused-ring (bicyclic) bond motifs is 2. The Balaban J connectivity index is 1.19. The average Bonchev–Trinajstić information content (AvgIpc) is 3.21. The maximum absolute atomic E-state index is 12.9. The highest BCUT2D eigenvalue weighted by molar-refractivity contribution is 5.99. The van der Waals surface area contributed by atoms with Gasteiger partial charge in [-0.3, -0.25) is 9.69 Å². The molecule has 0 bridgehead atoms. The lowest BCUT2D eigenvalue weighted by molar-refractivity contribution is -0.129. The Morgan fingerprint density at radius 2 is 1.82 bits per heavy atom. The number of benzene rings is 2. The number of hydrogen-bond acceptors (Lipinski definition) is 4. The number of carbonyl (C=O) groups excluding carboxylic acids is 1. The van der Waals surface area contributed by atoms with Crippen molar-refractivity contribution in [1.82, 2.24) is 9.80 Å². The summed E-state index contributed by atoms with van der Waals surface area (Å²) in [5.74, 6) is 1.98. The minimum Gasteiger partial charge on any atom is -0.493 e. The van der Waals surface area contributed by atoms with E-state index in [0.29, 0.717) is 6.61 Å². The Kier molecular flexibility index (Phi) is 4.53. The van der Waals surface area contributed by atoms with E-state index in [0.717, 1.165) is 68.4 Å². The number of hydrogen-bond donors (Lipinski definition) is 0. The fourth-order valence-corrected chi connectivity index (χ4v) is 4.15. The van der Waals surface area contributed by atoms with Gasteiger partial charge in [0.15, 0.2) is 0 Å². The fourth-order valence-electron chi connectivity index (χ4n) is 4.15. The molecular formula is C23H24N2O3. The molecular weight excluding hydrogens is 352 g/mol. The predicted molar refractivity (Wildman–Crippen MR) is 107 cm³/mol. The molecule has 0 N–H and O–H groups in total. The molecule has 0 atom stereocenters. The molecule has 2 aromatic rings. The maximum atomic E-state index is 12.9. The smallest absolute Gasteiger partial charge is 0.253 e. The van der Waals surface area contributed by atoms with Crippen LogP contribution in [0.15, 0.2) is 48.0 Å². The molecule has 3 aliphatic heterocycles. The van der Waals surface area contributed by atoms with Crippen LogP contribution < -0.4 is 9.47 Å². The zero-order chi connectivity index (χ0) is 18.9. The van der Waals surface area contributed by atoms with Crippen molar-refractivity contribution in [2.24, 2.45) is 0 Å². The minimum atomic E-state index is 0.101. The van der Waals surface area contributed by atoms with Crippen LogP contribution in [0.3, 0.4) is 0 Å². The highest BCUT2D eigenvalue weighted by Crippen LogP contribution is 2.28. The number of carbonyl (C=O) groups is 1. The van der Waals surface area contributed by atoms with Gasteiger partial charge in [0.2, 0.25) is 0 Å². The highest BCUT2D eigenvalue weighted by Gasteiger charge is 2.26. The summed E-state index contributed by atoms with van der Waals surface area (Å²) >= 11 is 0. The van der Waals surface area contributed by atoms with Crippen LogP contribution in [0.1, 0.15) is 16.7 Å². The van der Waals surface area contributed by atoms with E-state index in [9.17, 15) is 4.79 Å². The molecule has 0 aliphatic carbocycles. The van der Waals surface area contributed by atoms with E-state index in [1.807, 2.05) is 35.2 Å². The van der Waals surface area contributed by atoms with Gasteiger partial charge in [0, 0.05) is 44.7 Å². The second-order valence-corrected chi connectivity index (χ2v) is 7.60. The molecule has 144 valence electrons. The molecule has 28 heavy (non-hydrogen) atoms. The molecule has 0 spiro atoms. The molecule has 3 heterocycles. The van der Waals surface area contributed by atoms with E-state index in [-0.39, 0.29) is 5.91 Å². The molecule has 3 aliphatic rings. The lowest BCUT2D eigenvalue weighted by Crippen LogP contribution is -2.49. The Bertz CT molecular complexity index is 929. The SMILES string of the molecule is O=C(C1=Cc2ccccc2OC1)N1CCN(Cc2ccc3c(c2)CCO3)CC1. The zero-order valence-corrected chi connectivity index (χ0v) is 15.9. The van der Waals surface area contributed by atoms with E-state index >= 15 is 0 Å². The summed E-state index contributed by atoms with van der Waals surface area (Å²) in [6, 6.07) is 14.4. The molecule has 0 unspecified atom stereocenters. The number of rotatable bonds is 3. The van der Waals surface area contributed by atoms with Crippen molar-refractivity contribution in [3.05, 3.63) is 64.7 Å². The second kappa shape index (κ2) is 7.32. The van der Waals surface area contributed by atoms with Crippen LogP contribution in [0.25, 0.3) is 6.08 Å². The van der Waals surface area contributed by atoms with E-state index in [1.54, 1.807) is 0 Å². The zero-order valence-electron chi connectivity index (χ0n) is 15.9. The number of para-hydroxylation sites is 1. The summed E-state index contributed by atoms with van der Waals surface area (Å²) in [6.07, 6.45) is 2.98. The Morgan fingerprint density at radius 1 is 0.964 bits per heavy atom. The third kappa shape index (κ3) is 3.38. The quantitative estimate of drug-likeness (QED) is 0.826. The largest absolute Gasteiger partial charge is 0.493 e. The molecule has 2 aromatic carbocycles. The van der Waals surface area contributed by atoms with Crippen LogP contribution in [0.5, 0.6) is 11.5 Å². The third-order valence-corrected chi connectivity index (χ3v) is 5.73. The van der Waals surface area contributed by atoms with Gasteiger partial charge in [0.25, 0.3) is 5.91 Å². The molecule has 5 nitrogen and oxygen atoms in total. The first-order valence-electron chi connectivity index (χ1n) is 9.95. The van der Waals surface area contributed by atoms with Crippen molar-refractivity contribution in [2.75, 3.05) is 39.4 Å². The Labute approximate surface area is 165 Å². The van der Waals surface area contributed by atoms with E-state index < -0.39 is 0 Å². The topological polar surface area (TPSA) is 42.0 Å². The number of nitrogens with zero attached hydrogens (tertiary/aromatic N) is 2. The van der Waals surface area contributed by atoms with Crippen LogP contribution >= 0.6 is 0 Å². The minimum absolute atomic E-state index is 0.101. The fraction of sp³-hybridized carbons (Fsp3) is 0.348. The standard InChI is InChI=1S/C23H24N2O3/c26-23(20-14-18-3-1-2-4-21(18)28-16-20)25-10-8-24(9-11-25)15-17-5-6-22-19(13-17)7-12-27-22/h1-6,13-14H,7-12,15-16H2. The van der Waals surface area contributed by atoms with E-state index in [1.165, 1.54) is 11.1 Å². The van der Waals surface area contributed by atoms with Gasteiger partial charge in [0.1, 0.15) is 18.1 Å². The Hall–Kier alpha value is -2.79. The van der Waals surface area contributed by atoms with Gasteiger partial charge < -0.3 is 14.4 Å². The second-order valence-electron chi connectivity index (χ2n) is 7.60. The van der Waals surface area contributed by atoms with Crippen LogP contribution in [0.2, 0.25) is 0 Å². The van der Waals surface area contributed by atoms with Crippen LogP contribution in [-0.4, -0.2) is 55.1 Å². The van der Waals surface area contributed by atoms with Crippen molar-refractivity contribution < 1.29 is 14.3 Å². The predicted octanol–water partition coefficient (Wildman–Crippen LogP) is 2.74. The average molecular weight is 376 g/mol. The summed E-state index contributed by atoms with van der Waals surface area (Å²) in [6.45, 7) is 5.37. The summed E-state index contributed by atoms with van der Waals surface area (Å²) in [5.41, 5.74) is 4.36. The van der Waals surface area contributed by atoms with Crippen molar-refractivity contribution in [3.8, 4) is 11.5 Å². The molecule has 0 saturated carbocycles. The first-order chi connectivity index (χ1) is 13.8. The third-order valence-electron chi connectivity index (χ3n) is 5.73. The molecule has 0 radical (unpaired) electrons. The number of amides is 1. The van der Waals surface area contributed by atoms with Crippen LogP contribution in [0, 0.1) is 0 Å². The Morgan fingerprint density at radius 3 is 2.71 bits per heavy atom. The van der Waals surface area contributed by atoms with Gasteiger partial charge >= 0.3 is 0 Å². The monoisotopic (exact) mass is 376 g/mol. The summed E-state index contributed by atoms with van der Waals surface area (Å²) < 4.78 is 11.3. The van der Waals surface area contributed by atoms with Gasteiger partial charge in [0.05, 0.1) is 12.2 Å². The number of ether oxygens (including phenoxy) is 2. The maximum Gasteiger partial charge on any atom is 0.253 e. The number of piperazine rings is 1. The van der Waals surface area contributed by atoms with Gasteiger partial charge in [-0.1, -0.05) is 30.3 Å². The van der Waals surface area contributed by atoms with Crippen molar-refractivity contribution in [3.63, 3.8) is 0 Å². The molecule has 1 amide bonds. The summed E-state index contributed by atoms with van der Waals surface area (Å²) in [5, 5.41) is 0. The van der Waals surface area contributed by atoms with Crippen molar-refractivity contribution in [1.29, 1.82) is 0 Å². The van der Waals surface area contributed by atoms with Gasteiger partial charge in [-0.2, -0.15) is 0 Å². The molecule has 5 rings (SSSR count). The molecule has 0 aromatic heterocycles. The summed E-state index contributed by atoms with van der Waals surface area (Å²) in [4.78, 5) is 17.3. The van der Waals surface area contributed by atoms with Gasteiger partial charge in [-0.25, -0.2) is 0 Å². The lowest BCUT2D eigenvalue weighted by Gasteiger charge is -2.35. The van der Waals surface area contributed by atoms with E-state index in [4.69, 9.17) is 9.47 Å². The van der Waals surface area contributed by atoms with Gasteiger partial charge in [-0.05, 0) is 29.3 Å². The molecule has 5 heteroatoms. The summed E-state index contributed by atoms with van der Waals surface area (Å²) in [7, 11) is 0. The van der Waals surface area contributed by atoms with Crippen molar-refractivity contribution in [2.45, 2.75) is 13.0 Å². The highest BCUT2D eigenvalue weighted by atomic mass is 16.5. The first-order valence-corrected chi connectivity index (χ1v) is 9.95. The molecule has 1 saturated heterocycles. The first kappa shape index (κ1) is 17.3. The van der Waals surface area contributed by atoms with Crippen LogP contribution in [0.4, 0.5) is 0 Å². The normalized spacial score (nSPS) is 18.6. The van der Waals surface area contributed by atoms with E-state index in [2.05, 4.69) is 23.1 Å².